The van der Waals surface area contributed by atoms with Crippen LogP contribution in [0.4, 0.5) is 17.6 Å². The molecule has 0 spiro atoms. The van der Waals surface area contributed by atoms with Crippen molar-refractivity contribution in [1.82, 2.24) is 9.88 Å². The summed E-state index contributed by atoms with van der Waals surface area (Å²) < 4.78 is 60.7. The number of amides is 2. The second-order valence-corrected chi connectivity index (χ2v) is 7.41. The number of carbonyl (C=O) groups is 2. The molecule has 3 rings (SSSR count). The number of alkyl halides is 4. The molecule has 0 radical (unpaired) electrons. The molecule has 7 nitrogen and oxygen atoms in total. The maximum Gasteiger partial charge on any atom is 0.573 e. The predicted molar refractivity (Wildman–Crippen MR) is 105 cm³/mol. The quantitative estimate of drug-likeness (QED) is 0.511. The second kappa shape index (κ2) is 9.60. The van der Waals surface area contributed by atoms with E-state index in [1.807, 2.05) is 0 Å². The number of halogens is 5. The van der Waals surface area contributed by atoms with Gasteiger partial charge in [-0.3, -0.25) is 9.59 Å². The van der Waals surface area contributed by atoms with E-state index in [4.69, 9.17) is 22.1 Å². The third-order valence-electron chi connectivity index (χ3n) is 4.70. The summed E-state index contributed by atoms with van der Waals surface area (Å²) in [5.41, 5.74) is 5.67. The largest absolute Gasteiger partial charge is 0.573 e. The SMILES string of the molecule is NC(=O)c1ccc(Cl)nc1O[C@@H]1CCN(C(=O)Cc2ccc(OC(F)(F)F)cc2)C[C@H]1F. The molecule has 0 saturated carbocycles. The van der Waals surface area contributed by atoms with Crippen molar-refractivity contribution in [2.75, 3.05) is 13.1 Å². The Hall–Kier alpha value is -3.08. The third-order valence-corrected chi connectivity index (χ3v) is 4.91. The molecule has 1 aromatic carbocycles. The number of hydrogen-bond acceptors (Lipinski definition) is 5. The van der Waals surface area contributed by atoms with Crippen molar-refractivity contribution >= 4 is 23.4 Å². The van der Waals surface area contributed by atoms with Crippen LogP contribution in [0.25, 0.3) is 0 Å². The molecule has 1 fully saturated rings. The van der Waals surface area contributed by atoms with Crippen LogP contribution in [-0.4, -0.2) is 53.4 Å². The van der Waals surface area contributed by atoms with E-state index in [0.29, 0.717) is 5.56 Å². The molecule has 0 unspecified atom stereocenters. The Labute approximate surface area is 185 Å². The van der Waals surface area contributed by atoms with Gasteiger partial charge in [-0.25, -0.2) is 9.37 Å². The number of nitrogens with two attached hydrogens (primary N) is 1. The van der Waals surface area contributed by atoms with Gasteiger partial charge in [-0.2, -0.15) is 0 Å². The van der Waals surface area contributed by atoms with Crippen molar-refractivity contribution in [1.29, 1.82) is 0 Å². The van der Waals surface area contributed by atoms with Gasteiger partial charge in [0.2, 0.25) is 11.8 Å². The Morgan fingerprint density at radius 2 is 1.88 bits per heavy atom. The number of likely N-dealkylation sites (tertiary alicyclic amines) is 1. The van der Waals surface area contributed by atoms with E-state index in [0.717, 1.165) is 12.1 Å². The second-order valence-electron chi connectivity index (χ2n) is 7.02. The number of ether oxygens (including phenoxy) is 2. The molecule has 1 aliphatic heterocycles. The lowest BCUT2D eigenvalue weighted by atomic mass is 10.0. The summed E-state index contributed by atoms with van der Waals surface area (Å²) in [5, 5.41) is 0.0414. The fourth-order valence-electron chi connectivity index (χ4n) is 3.18. The monoisotopic (exact) mass is 475 g/mol. The summed E-state index contributed by atoms with van der Waals surface area (Å²) in [6, 6.07) is 7.54. The van der Waals surface area contributed by atoms with Crippen molar-refractivity contribution < 1.29 is 36.6 Å². The van der Waals surface area contributed by atoms with Crippen molar-refractivity contribution in [3.05, 3.63) is 52.7 Å². The molecule has 1 saturated heterocycles. The minimum Gasteiger partial charge on any atom is -0.471 e. The lowest BCUT2D eigenvalue weighted by Gasteiger charge is -2.34. The highest BCUT2D eigenvalue weighted by molar-refractivity contribution is 6.29. The van der Waals surface area contributed by atoms with Crippen LogP contribution in [0.5, 0.6) is 11.6 Å². The maximum absolute atomic E-state index is 14.7. The summed E-state index contributed by atoms with van der Waals surface area (Å²) in [6.45, 7) is -0.0864. The molecule has 172 valence electrons. The first kappa shape index (κ1) is 23.6. The van der Waals surface area contributed by atoms with Crippen molar-refractivity contribution in [2.24, 2.45) is 5.73 Å². The summed E-state index contributed by atoms with van der Waals surface area (Å²) in [7, 11) is 0. The molecule has 2 amide bonds. The van der Waals surface area contributed by atoms with Gasteiger partial charge in [-0.15, -0.1) is 13.2 Å². The summed E-state index contributed by atoms with van der Waals surface area (Å²) >= 11 is 5.81. The standard InChI is InChI=1S/C20H18ClF4N3O4/c21-16-6-5-13(18(26)30)19(27-16)31-15-7-8-28(10-14(15)22)17(29)9-11-1-3-12(4-2-11)32-20(23,24)25/h1-6,14-15H,7-10H2,(H2,26,30)/t14-,15-/m1/s1. The van der Waals surface area contributed by atoms with E-state index in [9.17, 15) is 27.2 Å². The minimum atomic E-state index is -4.81. The van der Waals surface area contributed by atoms with Crippen LogP contribution >= 0.6 is 11.6 Å². The van der Waals surface area contributed by atoms with Crippen LogP contribution in [0, 0.1) is 0 Å². The Morgan fingerprint density at radius 1 is 1.19 bits per heavy atom. The zero-order valence-electron chi connectivity index (χ0n) is 16.4. The molecule has 2 atom stereocenters. The van der Waals surface area contributed by atoms with Crippen molar-refractivity contribution in [2.45, 2.75) is 31.5 Å². The molecule has 1 aromatic heterocycles. The zero-order chi connectivity index (χ0) is 23.5. The summed E-state index contributed by atoms with van der Waals surface area (Å²) in [5.74, 6) is -1.79. The average molecular weight is 476 g/mol. The Bertz CT molecular complexity index is 988. The van der Waals surface area contributed by atoms with Crippen molar-refractivity contribution in [3.63, 3.8) is 0 Å². The smallest absolute Gasteiger partial charge is 0.471 e. The highest BCUT2D eigenvalue weighted by Gasteiger charge is 2.34. The fourth-order valence-corrected chi connectivity index (χ4v) is 3.32. The lowest BCUT2D eigenvalue weighted by molar-refractivity contribution is -0.274. The van der Waals surface area contributed by atoms with Gasteiger partial charge in [0.25, 0.3) is 5.91 Å². The molecule has 0 aliphatic carbocycles. The first-order valence-corrected chi connectivity index (χ1v) is 9.79. The molecule has 2 aromatic rings. The summed E-state index contributed by atoms with van der Waals surface area (Å²) in [6.07, 6.45) is -7.35. The Morgan fingerprint density at radius 3 is 2.47 bits per heavy atom. The number of carbonyl (C=O) groups excluding carboxylic acids is 2. The minimum absolute atomic E-state index is 0.0414. The Balaban J connectivity index is 1.58. The van der Waals surface area contributed by atoms with Crippen LogP contribution < -0.4 is 15.2 Å². The van der Waals surface area contributed by atoms with Crippen LogP contribution in [-0.2, 0) is 11.2 Å². The van der Waals surface area contributed by atoms with Gasteiger partial charge >= 0.3 is 6.36 Å². The van der Waals surface area contributed by atoms with Gasteiger partial charge < -0.3 is 20.1 Å². The molecule has 0 bridgehead atoms. The van der Waals surface area contributed by atoms with Crippen LogP contribution in [0.3, 0.4) is 0 Å². The van der Waals surface area contributed by atoms with Crippen LogP contribution in [0.2, 0.25) is 5.15 Å². The molecular formula is C20H18ClF4N3O4. The number of primary amides is 1. The third kappa shape index (κ3) is 6.22. The molecule has 32 heavy (non-hydrogen) atoms. The van der Waals surface area contributed by atoms with Gasteiger partial charge in [0.15, 0.2) is 6.17 Å². The van der Waals surface area contributed by atoms with E-state index in [-0.39, 0.29) is 42.5 Å². The number of aromatic nitrogens is 1. The number of hydrogen-bond donors (Lipinski definition) is 1. The average Bonchev–Trinajstić information content (AvgIpc) is 2.69. The van der Waals surface area contributed by atoms with E-state index in [1.54, 1.807) is 0 Å². The number of pyridine rings is 1. The maximum atomic E-state index is 14.7. The highest BCUT2D eigenvalue weighted by Crippen LogP contribution is 2.26. The molecule has 12 heteroatoms. The van der Waals surface area contributed by atoms with E-state index >= 15 is 0 Å². The van der Waals surface area contributed by atoms with Gasteiger partial charge in [0, 0.05) is 13.0 Å². The fraction of sp³-hybridized carbons (Fsp3) is 0.350. The molecule has 2 N–H and O–H groups in total. The van der Waals surface area contributed by atoms with Gasteiger partial charge in [0.1, 0.15) is 22.6 Å². The normalized spacial score (nSPS) is 18.8. The van der Waals surface area contributed by atoms with Crippen molar-refractivity contribution in [3.8, 4) is 11.6 Å². The number of benzene rings is 1. The van der Waals surface area contributed by atoms with Gasteiger partial charge in [-0.1, -0.05) is 23.7 Å². The van der Waals surface area contributed by atoms with Gasteiger partial charge in [-0.05, 0) is 29.8 Å². The molecule has 2 heterocycles. The first-order valence-electron chi connectivity index (χ1n) is 9.41. The topological polar surface area (TPSA) is 94.8 Å². The van der Waals surface area contributed by atoms with Crippen LogP contribution in [0.15, 0.2) is 36.4 Å². The number of nitrogens with zero attached hydrogens (tertiary/aromatic N) is 2. The van der Waals surface area contributed by atoms with E-state index in [1.165, 1.54) is 29.2 Å². The summed E-state index contributed by atoms with van der Waals surface area (Å²) in [4.78, 5) is 29.2. The Kier molecular flexibility index (Phi) is 7.07. The van der Waals surface area contributed by atoms with E-state index < -0.39 is 36.2 Å². The first-order chi connectivity index (χ1) is 15.0. The zero-order valence-corrected chi connectivity index (χ0v) is 17.2. The molecular weight excluding hydrogens is 458 g/mol. The lowest BCUT2D eigenvalue weighted by Crippen LogP contribution is -2.49. The number of rotatable bonds is 6. The predicted octanol–water partition coefficient (Wildman–Crippen LogP) is 3.29. The number of piperidine rings is 1. The van der Waals surface area contributed by atoms with Crippen LogP contribution in [0.1, 0.15) is 22.3 Å². The van der Waals surface area contributed by atoms with Gasteiger partial charge in [0.05, 0.1) is 13.0 Å². The molecule has 1 aliphatic rings. The van der Waals surface area contributed by atoms with E-state index in [2.05, 4.69) is 9.72 Å². The highest BCUT2D eigenvalue weighted by atomic mass is 35.5.